The van der Waals surface area contributed by atoms with Gasteiger partial charge >= 0.3 is 6.18 Å². The highest BCUT2D eigenvalue weighted by molar-refractivity contribution is 7.80. The van der Waals surface area contributed by atoms with Crippen molar-refractivity contribution in [1.82, 2.24) is 10.3 Å². The van der Waals surface area contributed by atoms with Gasteiger partial charge in [0.25, 0.3) is 5.91 Å². The summed E-state index contributed by atoms with van der Waals surface area (Å²) in [6, 6.07) is 9.34. The lowest BCUT2D eigenvalue weighted by Gasteiger charge is -2.25. The molecule has 0 bridgehead atoms. The molecule has 0 saturated heterocycles. The average molecular weight is 369 g/mol. The number of hydrogen-bond donors (Lipinski definition) is 2. The molecule has 0 unspecified atom stereocenters. The first kappa shape index (κ1) is 18.8. The summed E-state index contributed by atoms with van der Waals surface area (Å²) in [5.41, 5.74) is -1.14. The average Bonchev–Trinajstić information content (AvgIpc) is 2.59. The third kappa shape index (κ3) is 4.74. The number of carbonyl (C=O) groups is 1. The van der Waals surface area contributed by atoms with Gasteiger partial charge in [-0.3, -0.25) is 15.1 Å². The van der Waals surface area contributed by atoms with Crippen LogP contribution in [0.5, 0.6) is 0 Å². The number of halogens is 3. The summed E-state index contributed by atoms with van der Waals surface area (Å²) in [6.45, 7) is -0.187. The van der Waals surface area contributed by atoms with Crippen LogP contribution in [0.4, 0.5) is 18.9 Å². The molecule has 25 heavy (non-hydrogen) atoms. The van der Waals surface area contributed by atoms with E-state index < -0.39 is 23.2 Å². The van der Waals surface area contributed by atoms with E-state index in [0.717, 1.165) is 18.5 Å². The van der Waals surface area contributed by atoms with Crippen molar-refractivity contribution in [3.05, 3.63) is 59.9 Å². The van der Waals surface area contributed by atoms with Crippen LogP contribution in [0.25, 0.3) is 0 Å². The normalized spacial score (nSPS) is 11.0. The van der Waals surface area contributed by atoms with Crippen molar-refractivity contribution in [3.63, 3.8) is 0 Å². The standard InChI is InChI=1S/C16H14F3N3O2S/c17-16(18,19)13-6-7-20-10-12(13)14(24)21-15(25)22(8-9-23)11-4-2-1-3-5-11/h1-7,10,23H,8-9H2,(H,21,24,25). The Hall–Kier alpha value is -2.52. The zero-order chi connectivity index (χ0) is 18.4. The van der Waals surface area contributed by atoms with E-state index in [9.17, 15) is 23.1 Å². The van der Waals surface area contributed by atoms with E-state index in [4.69, 9.17) is 12.2 Å². The van der Waals surface area contributed by atoms with E-state index in [0.29, 0.717) is 5.69 Å². The molecule has 0 fully saturated rings. The molecule has 0 aliphatic carbocycles. The number of aliphatic hydroxyl groups excluding tert-OH is 1. The summed E-state index contributed by atoms with van der Waals surface area (Å²) in [4.78, 5) is 17.2. The van der Waals surface area contributed by atoms with Crippen molar-refractivity contribution >= 4 is 28.9 Å². The van der Waals surface area contributed by atoms with Crippen molar-refractivity contribution in [2.24, 2.45) is 0 Å². The maximum absolute atomic E-state index is 13.0. The molecule has 2 aromatic rings. The van der Waals surface area contributed by atoms with Gasteiger partial charge in [-0.05, 0) is 30.4 Å². The number of nitrogens with zero attached hydrogens (tertiary/aromatic N) is 2. The second-order valence-corrected chi connectivity index (χ2v) is 5.28. The molecule has 1 amide bonds. The molecule has 0 aliphatic heterocycles. The monoisotopic (exact) mass is 369 g/mol. The first-order valence-electron chi connectivity index (χ1n) is 7.14. The van der Waals surface area contributed by atoms with E-state index in [1.54, 1.807) is 30.3 Å². The van der Waals surface area contributed by atoms with Gasteiger partial charge in [0.1, 0.15) is 0 Å². The van der Waals surface area contributed by atoms with Crippen LogP contribution in [0.2, 0.25) is 0 Å². The van der Waals surface area contributed by atoms with E-state index in [-0.39, 0.29) is 18.3 Å². The quantitative estimate of drug-likeness (QED) is 0.811. The number of para-hydroxylation sites is 1. The molecule has 2 N–H and O–H groups in total. The number of aliphatic hydroxyl groups is 1. The summed E-state index contributed by atoms with van der Waals surface area (Å²) in [5, 5.41) is 11.3. The number of pyridine rings is 1. The number of nitrogens with one attached hydrogen (secondary N) is 1. The molecule has 1 aromatic heterocycles. The number of carbonyl (C=O) groups excluding carboxylic acids is 1. The van der Waals surface area contributed by atoms with Gasteiger partial charge in [0, 0.05) is 24.6 Å². The van der Waals surface area contributed by atoms with Crippen LogP contribution >= 0.6 is 12.2 Å². The summed E-state index contributed by atoms with van der Waals surface area (Å²) in [6.07, 6.45) is -2.90. The first-order chi connectivity index (χ1) is 11.8. The Balaban J connectivity index is 2.23. The molecule has 0 radical (unpaired) electrons. The summed E-state index contributed by atoms with van der Waals surface area (Å²) >= 11 is 5.12. The number of benzene rings is 1. The highest BCUT2D eigenvalue weighted by Gasteiger charge is 2.35. The summed E-state index contributed by atoms with van der Waals surface area (Å²) in [7, 11) is 0. The van der Waals surface area contributed by atoms with Gasteiger partial charge in [-0.15, -0.1) is 0 Å². The minimum absolute atomic E-state index is 0.0717. The van der Waals surface area contributed by atoms with Crippen LogP contribution in [0.1, 0.15) is 15.9 Å². The van der Waals surface area contributed by atoms with Gasteiger partial charge < -0.3 is 10.0 Å². The van der Waals surface area contributed by atoms with Crippen molar-refractivity contribution in [2.45, 2.75) is 6.18 Å². The number of anilines is 1. The molecule has 9 heteroatoms. The number of rotatable bonds is 4. The zero-order valence-electron chi connectivity index (χ0n) is 12.8. The molecular formula is C16H14F3N3O2S. The Kier molecular flexibility index (Phi) is 6.05. The van der Waals surface area contributed by atoms with Crippen LogP contribution in [0, 0.1) is 0 Å². The predicted octanol–water partition coefficient (Wildman–Crippen LogP) is 2.61. The maximum atomic E-state index is 13.0. The van der Waals surface area contributed by atoms with Crippen LogP contribution in [-0.4, -0.2) is 34.3 Å². The molecule has 0 aliphatic rings. The number of alkyl halides is 3. The molecule has 0 spiro atoms. The molecule has 2 rings (SSSR count). The Morgan fingerprint density at radius 2 is 1.92 bits per heavy atom. The Labute approximate surface area is 147 Å². The minimum atomic E-state index is -4.69. The molecule has 132 valence electrons. The smallest absolute Gasteiger partial charge is 0.395 e. The number of amides is 1. The third-order valence-corrected chi connectivity index (χ3v) is 3.55. The number of thiocarbonyl (C=S) groups is 1. The zero-order valence-corrected chi connectivity index (χ0v) is 13.6. The van der Waals surface area contributed by atoms with Crippen LogP contribution < -0.4 is 10.2 Å². The minimum Gasteiger partial charge on any atom is -0.395 e. The highest BCUT2D eigenvalue weighted by atomic mass is 32.1. The van der Waals surface area contributed by atoms with Gasteiger partial charge in [0.15, 0.2) is 5.11 Å². The lowest BCUT2D eigenvalue weighted by atomic mass is 10.1. The van der Waals surface area contributed by atoms with E-state index in [1.807, 2.05) is 0 Å². The van der Waals surface area contributed by atoms with Crippen molar-refractivity contribution in [1.29, 1.82) is 0 Å². The van der Waals surface area contributed by atoms with Crippen molar-refractivity contribution < 1.29 is 23.1 Å². The maximum Gasteiger partial charge on any atom is 0.417 e. The Morgan fingerprint density at radius 3 is 2.52 bits per heavy atom. The largest absolute Gasteiger partial charge is 0.417 e. The fraction of sp³-hybridized carbons (Fsp3) is 0.188. The van der Waals surface area contributed by atoms with Gasteiger partial charge in [0.05, 0.1) is 17.7 Å². The molecular weight excluding hydrogens is 355 g/mol. The van der Waals surface area contributed by atoms with Gasteiger partial charge in [-0.2, -0.15) is 13.2 Å². The van der Waals surface area contributed by atoms with Crippen LogP contribution in [0.3, 0.4) is 0 Å². The Morgan fingerprint density at radius 1 is 1.24 bits per heavy atom. The lowest BCUT2D eigenvalue weighted by Crippen LogP contribution is -2.44. The molecule has 0 atom stereocenters. The molecule has 5 nitrogen and oxygen atoms in total. The lowest BCUT2D eigenvalue weighted by molar-refractivity contribution is -0.138. The van der Waals surface area contributed by atoms with Gasteiger partial charge in [-0.1, -0.05) is 18.2 Å². The fourth-order valence-corrected chi connectivity index (χ4v) is 2.40. The second kappa shape index (κ2) is 8.04. The first-order valence-corrected chi connectivity index (χ1v) is 7.55. The number of aromatic nitrogens is 1. The SMILES string of the molecule is O=C(NC(=S)N(CCO)c1ccccc1)c1cnccc1C(F)(F)F. The van der Waals surface area contributed by atoms with Crippen molar-refractivity contribution in [2.75, 3.05) is 18.1 Å². The predicted molar refractivity (Wildman–Crippen MR) is 90.2 cm³/mol. The summed E-state index contributed by atoms with van der Waals surface area (Å²) in [5.74, 6) is -1.02. The van der Waals surface area contributed by atoms with Crippen molar-refractivity contribution in [3.8, 4) is 0 Å². The summed E-state index contributed by atoms with van der Waals surface area (Å²) < 4.78 is 39.0. The second-order valence-electron chi connectivity index (χ2n) is 4.89. The molecule has 0 saturated carbocycles. The molecule has 1 aromatic carbocycles. The van der Waals surface area contributed by atoms with Crippen LogP contribution in [-0.2, 0) is 6.18 Å². The van der Waals surface area contributed by atoms with E-state index in [1.165, 1.54) is 4.90 Å². The Bertz CT molecular complexity index is 754. The third-order valence-electron chi connectivity index (χ3n) is 3.23. The molecule has 1 heterocycles. The van der Waals surface area contributed by atoms with Crippen LogP contribution in [0.15, 0.2) is 48.8 Å². The van der Waals surface area contributed by atoms with Gasteiger partial charge in [-0.25, -0.2) is 0 Å². The van der Waals surface area contributed by atoms with Gasteiger partial charge in [0.2, 0.25) is 0 Å². The number of hydrogen-bond acceptors (Lipinski definition) is 4. The fourth-order valence-electron chi connectivity index (χ4n) is 2.11. The van der Waals surface area contributed by atoms with E-state index in [2.05, 4.69) is 10.3 Å². The van der Waals surface area contributed by atoms with E-state index >= 15 is 0 Å². The topological polar surface area (TPSA) is 65.5 Å². The highest BCUT2D eigenvalue weighted by Crippen LogP contribution is 2.31.